The number of nitrogens with zero attached hydrogens (tertiary/aromatic N) is 4. The summed E-state index contributed by atoms with van der Waals surface area (Å²) in [7, 11) is 1.60. The largest absolute Gasteiger partial charge is 0.493 e. The van der Waals surface area contributed by atoms with Crippen LogP contribution in [0.1, 0.15) is 48.6 Å². The van der Waals surface area contributed by atoms with Crippen LogP contribution in [0.5, 0.6) is 11.5 Å². The van der Waals surface area contributed by atoms with Gasteiger partial charge in [-0.25, -0.2) is 0 Å². The van der Waals surface area contributed by atoms with Crippen LogP contribution in [0.15, 0.2) is 18.2 Å². The molecule has 2 aromatic rings. The van der Waals surface area contributed by atoms with Crippen molar-refractivity contribution in [2.75, 3.05) is 51.8 Å². The summed E-state index contributed by atoms with van der Waals surface area (Å²) >= 11 is 1.19. The third-order valence-electron chi connectivity index (χ3n) is 7.11. The number of rotatable bonds is 9. The summed E-state index contributed by atoms with van der Waals surface area (Å²) in [6.45, 7) is 3.14. The van der Waals surface area contributed by atoms with Crippen molar-refractivity contribution >= 4 is 34.2 Å². The van der Waals surface area contributed by atoms with Crippen LogP contribution in [-0.2, 0) is 25.5 Å². The Morgan fingerprint density at radius 2 is 2.03 bits per heavy atom. The SMILES string of the molecule is COc1ccc([C@@H]2CC(=O)N(CC(=O)Nc3nnc(CC(=O)N4CCCCC4)s3)C2)cc1O[C@@H]1CCOC1. The lowest BCUT2D eigenvalue weighted by Gasteiger charge is -2.26. The number of methoxy groups -OCH3 is 1. The molecule has 0 spiro atoms. The standard InChI is InChI=1S/C26H33N5O6S/c1-35-20-6-5-17(11-21(20)37-19-7-10-36-16-19)18-12-24(33)31(14-18)15-22(32)27-26-29-28-23(38-26)13-25(34)30-8-3-2-4-9-30/h5-6,11,18-19H,2-4,7-10,12-16H2,1H3,(H,27,29,32)/t18-,19-/m1/s1. The smallest absolute Gasteiger partial charge is 0.245 e. The van der Waals surface area contributed by atoms with Gasteiger partial charge in [-0.15, -0.1) is 10.2 Å². The fourth-order valence-electron chi connectivity index (χ4n) is 5.07. The summed E-state index contributed by atoms with van der Waals surface area (Å²) < 4.78 is 16.9. The molecule has 5 rings (SSSR count). The average Bonchev–Trinajstić information content (AvgIpc) is 3.67. The third-order valence-corrected chi connectivity index (χ3v) is 7.95. The van der Waals surface area contributed by atoms with Crippen LogP contribution in [0.2, 0.25) is 0 Å². The molecule has 3 aliphatic rings. The first-order chi connectivity index (χ1) is 18.5. The van der Waals surface area contributed by atoms with Crippen molar-refractivity contribution in [1.29, 1.82) is 0 Å². The van der Waals surface area contributed by atoms with Gasteiger partial charge in [0.1, 0.15) is 11.1 Å². The molecule has 0 aliphatic carbocycles. The molecule has 3 saturated heterocycles. The molecule has 2 atom stereocenters. The Bertz CT molecular complexity index is 1160. The zero-order chi connectivity index (χ0) is 26.5. The van der Waals surface area contributed by atoms with Crippen molar-refractivity contribution in [1.82, 2.24) is 20.0 Å². The minimum absolute atomic E-state index is 0.0201. The predicted octanol–water partition coefficient (Wildman–Crippen LogP) is 2.22. The summed E-state index contributed by atoms with van der Waals surface area (Å²) in [6.07, 6.45) is 4.51. The quantitative estimate of drug-likeness (QED) is 0.511. The topological polar surface area (TPSA) is 123 Å². The molecule has 204 valence electrons. The third kappa shape index (κ3) is 6.41. The highest BCUT2D eigenvalue weighted by Gasteiger charge is 2.33. The molecule has 1 aromatic heterocycles. The summed E-state index contributed by atoms with van der Waals surface area (Å²) in [5.74, 6) is 0.820. The lowest BCUT2D eigenvalue weighted by atomic mass is 9.98. The van der Waals surface area contributed by atoms with E-state index in [0.29, 0.717) is 47.8 Å². The second kappa shape index (κ2) is 12.1. The minimum Gasteiger partial charge on any atom is -0.493 e. The van der Waals surface area contributed by atoms with E-state index in [2.05, 4.69) is 15.5 Å². The number of carbonyl (C=O) groups excluding carboxylic acids is 3. The van der Waals surface area contributed by atoms with E-state index in [0.717, 1.165) is 44.3 Å². The maximum Gasteiger partial charge on any atom is 0.245 e. The molecule has 11 nitrogen and oxygen atoms in total. The van der Waals surface area contributed by atoms with Crippen molar-refractivity contribution in [2.24, 2.45) is 0 Å². The highest BCUT2D eigenvalue weighted by atomic mass is 32.1. The molecule has 12 heteroatoms. The molecule has 0 bridgehead atoms. The maximum absolute atomic E-state index is 12.7. The van der Waals surface area contributed by atoms with E-state index in [-0.39, 0.29) is 42.7 Å². The first kappa shape index (κ1) is 26.4. The number of hydrogen-bond acceptors (Lipinski definition) is 9. The number of anilines is 1. The molecule has 3 fully saturated rings. The van der Waals surface area contributed by atoms with E-state index < -0.39 is 0 Å². The monoisotopic (exact) mass is 543 g/mol. The zero-order valence-corrected chi connectivity index (χ0v) is 22.3. The fraction of sp³-hybridized carbons (Fsp3) is 0.577. The van der Waals surface area contributed by atoms with Gasteiger partial charge in [-0.1, -0.05) is 17.4 Å². The van der Waals surface area contributed by atoms with Gasteiger partial charge in [-0.3, -0.25) is 19.7 Å². The number of aromatic nitrogens is 2. The van der Waals surface area contributed by atoms with E-state index in [1.807, 2.05) is 23.1 Å². The molecule has 0 radical (unpaired) electrons. The lowest BCUT2D eigenvalue weighted by Crippen LogP contribution is -2.36. The highest BCUT2D eigenvalue weighted by molar-refractivity contribution is 7.15. The second-order valence-corrected chi connectivity index (χ2v) is 10.9. The average molecular weight is 544 g/mol. The number of likely N-dealkylation sites (tertiary alicyclic amines) is 2. The molecule has 0 saturated carbocycles. The molecular weight excluding hydrogens is 510 g/mol. The Labute approximate surface area is 225 Å². The van der Waals surface area contributed by atoms with E-state index in [4.69, 9.17) is 14.2 Å². The Balaban J connectivity index is 1.14. The van der Waals surface area contributed by atoms with Crippen LogP contribution in [0, 0.1) is 0 Å². The Kier molecular flexibility index (Phi) is 8.38. The summed E-state index contributed by atoms with van der Waals surface area (Å²) in [4.78, 5) is 41.3. The van der Waals surface area contributed by atoms with Crippen LogP contribution in [0.4, 0.5) is 5.13 Å². The van der Waals surface area contributed by atoms with Gasteiger partial charge < -0.3 is 24.0 Å². The van der Waals surface area contributed by atoms with E-state index >= 15 is 0 Å². The highest BCUT2D eigenvalue weighted by Crippen LogP contribution is 2.36. The summed E-state index contributed by atoms with van der Waals surface area (Å²) in [5, 5.41) is 11.7. The van der Waals surface area contributed by atoms with Gasteiger partial charge in [0, 0.05) is 38.4 Å². The molecule has 1 N–H and O–H groups in total. The fourth-order valence-corrected chi connectivity index (χ4v) is 5.81. The normalized spacial score (nSPS) is 21.6. The molecule has 0 unspecified atom stereocenters. The number of nitrogens with one attached hydrogen (secondary N) is 1. The van der Waals surface area contributed by atoms with Gasteiger partial charge in [0.25, 0.3) is 0 Å². The van der Waals surface area contributed by atoms with Crippen molar-refractivity contribution in [3.8, 4) is 11.5 Å². The first-order valence-corrected chi connectivity index (χ1v) is 13.9. The molecule has 1 aromatic carbocycles. The van der Waals surface area contributed by atoms with Crippen molar-refractivity contribution in [3.05, 3.63) is 28.8 Å². The van der Waals surface area contributed by atoms with E-state index in [1.54, 1.807) is 12.0 Å². The molecule has 38 heavy (non-hydrogen) atoms. The molecule has 3 amide bonds. The van der Waals surface area contributed by atoms with Gasteiger partial charge in [-0.05, 0) is 37.0 Å². The van der Waals surface area contributed by atoms with Crippen LogP contribution >= 0.6 is 11.3 Å². The number of piperidine rings is 1. The van der Waals surface area contributed by atoms with Gasteiger partial charge in [0.05, 0.1) is 33.3 Å². The first-order valence-electron chi connectivity index (χ1n) is 13.1. The van der Waals surface area contributed by atoms with E-state index in [9.17, 15) is 14.4 Å². The van der Waals surface area contributed by atoms with Crippen molar-refractivity contribution in [3.63, 3.8) is 0 Å². The van der Waals surface area contributed by atoms with Crippen LogP contribution in [0.3, 0.4) is 0 Å². The van der Waals surface area contributed by atoms with Gasteiger partial charge in [-0.2, -0.15) is 0 Å². The van der Waals surface area contributed by atoms with Gasteiger partial charge in [0.15, 0.2) is 11.5 Å². The van der Waals surface area contributed by atoms with E-state index in [1.165, 1.54) is 11.3 Å². The minimum atomic E-state index is -0.343. The number of benzene rings is 1. The van der Waals surface area contributed by atoms with Gasteiger partial charge in [0.2, 0.25) is 22.9 Å². The lowest BCUT2D eigenvalue weighted by molar-refractivity contribution is -0.131. The van der Waals surface area contributed by atoms with Crippen molar-refractivity contribution < 1.29 is 28.6 Å². The zero-order valence-electron chi connectivity index (χ0n) is 21.5. The van der Waals surface area contributed by atoms with Crippen LogP contribution in [-0.4, -0.2) is 90.3 Å². The number of hydrogen-bond donors (Lipinski definition) is 1. The Morgan fingerprint density at radius 1 is 1.18 bits per heavy atom. The summed E-state index contributed by atoms with van der Waals surface area (Å²) in [6, 6.07) is 5.71. The number of carbonyl (C=O) groups is 3. The summed E-state index contributed by atoms with van der Waals surface area (Å²) in [5.41, 5.74) is 0.961. The predicted molar refractivity (Wildman–Crippen MR) is 139 cm³/mol. The van der Waals surface area contributed by atoms with Crippen LogP contribution in [0.25, 0.3) is 0 Å². The van der Waals surface area contributed by atoms with Gasteiger partial charge >= 0.3 is 0 Å². The van der Waals surface area contributed by atoms with Crippen molar-refractivity contribution in [2.45, 2.75) is 50.5 Å². The molecular formula is C26H33N5O6S. The number of ether oxygens (including phenoxy) is 3. The molecule has 4 heterocycles. The maximum atomic E-state index is 12.7. The Morgan fingerprint density at radius 3 is 2.79 bits per heavy atom. The molecule has 3 aliphatic heterocycles. The second-order valence-electron chi connectivity index (χ2n) is 9.86. The number of amides is 3. The van der Waals surface area contributed by atoms with Crippen LogP contribution < -0.4 is 14.8 Å². The Hall–Kier alpha value is -3.25.